The lowest BCUT2D eigenvalue weighted by Crippen LogP contribution is -2.47. The van der Waals surface area contributed by atoms with E-state index in [4.69, 9.17) is 0 Å². The van der Waals surface area contributed by atoms with Crippen LogP contribution in [0.25, 0.3) is 0 Å². The standard InChI is InChI=1S/C13H15BrFNO2/c1-13(12(17)18)5-2-6-16(13)8-9-3-4-10(15)7-11(9)14/h3-4,7H,2,5-6,8H2,1H3,(H,17,18). The van der Waals surface area contributed by atoms with E-state index in [1.807, 2.05) is 4.90 Å². The fraction of sp³-hybridized carbons (Fsp3) is 0.462. The van der Waals surface area contributed by atoms with Gasteiger partial charge in [-0.3, -0.25) is 9.69 Å². The van der Waals surface area contributed by atoms with Crippen LogP contribution >= 0.6 is 15.9 Å². The van der Waals surface area contributed by atoms with E-state index in [1.165, 1.54) is 12.1 Å². The summed E-state index contributed by atoms with van der Waals surface area (Å²) in [6, 6.07) is 4.50. The first-order valence-electron chi connectivity index (χ1n) is 5.86. The van der Waals surface area contributed by atoms with E-state index >= 15 is 0 Å². The number of carboxylic acid groups (broad SMARTS) is 1. The van der Waals surface area contributed by atoms with Crippen molar-refractivity contribution in [2.75, 3.05) is 6.54 Å². The van der Waals surface area contributed by atoms with Crippen molar-refractivity contribution in [3.63, 3.8) is 0 Å². The predicted molar refractivity (Wildman–Crippen MR) is 69.8 cm³/mol. The third kappa shape index (κ3) is 2.42. The first-order chi connectivity index (χ1) is 8.43. The molecule has 0 aliphatic carbocycles. The van der Waals surface area contributed by atoms with Crippen LogP contribution in [0.1, 0.15) is 25.3 Å². The van der Waals surface area contributed by atoms with Gasteiger partial charge in [0, 0.05) is 11.0 Å². The maximum Gasteiger partial charge on any atom is 0.323 e. The monoisotopic (exact) mass is 315 g/mol. The molecule has 1 heterocycles. The molecule has 1 saturated heterocycles. The van der Waals surface area contributed by atoms with Crippen molar-refractivity contribution >= 4 is 21.9 Å². The number of rotatable bonds is 3. The van der Waals surface area contributed by atoms with E-state index in [2.05, 4.69) is 15.9 Å². The Kier molecular flexibility index (Phi) is 3.73. The van der Waals surface area contributed by atoms with Crippen molar-refractivity contribution in [3.05, 3.63) is 34.1 Å². The Morgan fingerprint density at radius 3 is 2.94 bits per heavy atom. The number of nitrogens with zero attached hydrogens (tertiary/aromatic N) is 1. The molecule has 0 saturated carbocycles. The molecule has 1 aromatic rings. The highest BCUT2D eigenvalue weighted by atomic mass is 79.9. The van der Waals surface area contributed by atoms with E-state index in [0.717, 1.165) is 18.5 Å². The first-order valence-corrected chi connectivity index (χ1v) is 6.65. The molecular weight excluding hydrogens is 301 g/mol. The lowest BCUT2D eigenvalue weighted by Gasteiger charge is -2.31. The highest BCUT2D eigenvalue weighted by molar-refractivity contribution is 9.10. The maximum atomic E-state index is 13.0. The van der Waals surface area contributed by atoms with Crippen molar-refractivity contribution < 1.29 is 14.3 Å². The largest absolute Gasteiger partial charge is 0.480 e. The van der Waals surface area contributed by atoms with E-state index in [0.29, 0.717) is 17.4 Å². The third-order valence-corrected chi connectivity index (χ3v) is 4.36. The second kappa shape index (κ2) is 4.97. The zero-order valence-electron chi connectivity index (χ0n) is 10.1. The smallest absolute Gasteiger partial charge is 0.323 e. The summed E-state index contributed by atoms with van der Waals surface area (Å²) in [4.78, 5) is 13.3. The van der Waals surface area contributed by atoms with Gasteiger partial charge in [-0.25, -0.2) is 4.39 Å². The number of benzene rings is 1. The number of halogens is 2. The number of carbonyl (C=O) groups is 1. The summed E-state index contributed by atoms with van der Waals surface area (Å²) in [5, 5.41) is 9.32. The lowest BCUT2D eigenvalue weighted by molar-refractivity contribution is -0.148. The predicted octanol–water partition coefficient (Wildman–Crippen LogP) is 3.03. The van der Waals surface area contributed by atoms with Gasteiger partial charge in [-0.2, -0.15) is 0 Å². The molecule has 0 spiro atoms. The average molecular weight is 316 g/mol. The van der Waals surface area contributed by atoms with Crippen molar-refractivity contribution in [1.29, 1.82) is 0 Å². The van der Waals surface area contributed by atoms with Gasteiger partial charge in [0.25, 0.3) is 0 Å². The summed E-state index contributed by atoms with van der Waals surface area (Å²) in [7, 11) is 0. The van der Waals surface area contributed by atoms with Crippen LogP contribution in [-0.2, 0) is 11.3 Å². The van der Waals surface area contributed by atoms with Crippen LogP contribution in [0.3, 0.4) is 0 Å². The van der Waals surface area contributed by atoms with E-state index in [9.17, 15) is 14.3 Å². The minimum atomic E-state index is -0.812. The van der Waals surface area contributed by atoms with Gasteiger partial charge in [-0.05, 0) is 44.0 Å². The van der Waals surface area contributed by atoms with E-state index in [1.54, 1.807) is 13.0 Å². The number of hydrogen-bond acceptors (Lipinski definition) is 2. The van der Waals surface area contributed by atoms with Crippen molar-refractivity contribution in [2.24, 2.45) is 0 Å². The second-order valence-electron chi connectivity index (χ2n) is 4.84. The van der Waals surface area contributed by atoms with Crippen LogP contribution in [0.4, 0.5) is 4.39 Å². The van der Waals surface area contributed by atoms with Crippen LogP contribution in [-0.4, -0.2) is 28.1 Å². The van der Waals surface area contributed by atoms with Gasteiger partial charge < -0.3 is 5.11 Å². The van der Waals surface area contributed by atoms with Crippen LogP contribution in [0.2, 0.25) is 0 Å². The maximum absolute atomic E-state index is 13.0. The molecule has 0 radical (unpaired) electrons. The fourth-order valence-electron chi connectivity index (χ4n) is 2.37. The van der Waals surface area contributed by atoms with Crippen LogP contribution < -0.4 is 0 Å². The Balaban J connectivity index is 2.21. The Labute approximate surface area is 114 Å². The summed E-state index contributed by atoms with van der Waals surface area (Å²) in [6.07, 6.45) is 1.53. The van der Waals surface area contributed by atoms with Crippen LogP contribution in [0, 0.1) is 5.82 Å². The fourth-order valence-corrected chi connectivity index (χ4v) is 2.85. The molecule has 0 amide bonds. The quantitative estimate of drug-likeness (QED) is 0.932. The Bertz CT molecular complexity index is 480. The molecule has 1 aromatic carbocycles. The molecule has 1 unspecified atom stereocenters. The summed E-state index contributed by atoms with van der Waals surface area (Å²) >= 11 is 3.31. The Morgan fingerprint density at radius 2 is 2.33 bits per heavy atom. The molecule has 1 fully saturated rings. The van der Waals surface area contributed by atoms with Gasteiger partial charge in [-0.1, -0.05) is 22.0 Å². The zero-order chi connectivity index (χ0) is 13.3. The van der Waals surface area contributed by atoms with Gasteiger partial charge in [0.2, 0.25) is 0 Å². The van der Waals surface area contributed by atoms with E-state index < -0.39 is 11.5 Å². The minimum Gasteiger partial charge on any atom is -0.480 e. The molecule has 5 heteroatoms. The number of carboxylic acids is 1. The molecular formula is C13H15BrFNO2. The topological polar surface area (TPSA) is 40.5 Å². The molecule has 18 heavy (non-hydrogen) atoms. The van der Waals surface area contributed by atoms with E-state index in [-0.39, 0.29) is 5.82 Å². The summed E-state index contributed by atoms with van der Waals surface area (Å²) in [5.41, 5.74) is 0.0964. The highest BCUT2D eigenvalue weighted by Gasteiger charge is 2.43. The molecule has 1 atom stereocenters. The lowest BCUT2D eigenvalue weighted by atomic mass is 9.99. The molecule has 0 bridgehead atoms. The molecule has 3 nitrogen and oxygen atoms in total. The molecule has 0 aromatic heterocycles. The van der Waals surface area contributed by atoms with Gasteiger partial charge in [0.05, 0.1) is 0 Å². The van der Waals surface area contributed by atoms with Gasteiger partial charge in [0.1, 0.15) is 11.4 Å². The molecule has 1 aliphatic heterocycles. The normalized spacial score (nSPS) is 24.4. The summed E-state index contributed by atoms with van der Waals surface area (Å²) in [5.74, 6) is -1.09. The van der Waals surface area contributed by atoms with Crippen molar-refractivity contribution in [3.8, 4) is 0 Å². The summed E-state index contributed by atoms with van der Waals surface area (Å²) < 4.78 is 13.7. The Morgan fingerprint density at radius 1 is 1.61 bits per heavy atom. The molecule has 98 valence electrons. The zero-order valence-corrected chi connectivity index (χ0v) is 11.7. The van der Waals surface area contributed by atoms with Crippen LogP contribution in [0.15, 0.2) is 22.7 Å². The van der Waals surface area contributed by atoms with Gasteiger partial charge in [0.15, 0.2) is 0 Å². The highest BCUT2D eigenvalue weighted by Crippen LogP contribution is 2.32. The number of likely N-dealkylation sites (tertiary alicyclic amines) is 1. The van der Waals surface area contributed by atoms with Crippen molar-refractivity contribution in [2.45, 2.75) is 31.8 Å². The molecule has 1 N–H and O–H groups in total. The molecule has 1 aliphatic rings. The van der Waals surface area contributed by atoms with Gasteiger partial charge in [-0.15, -0.1) is 0 Å². The first kappa shape index (κ1) is 13.5. The third-order valence-electron chi connectivity index (χ3n) is 3.63. The van der Waals surface area contributed by atoms with Gasteiger partial charge >= 0.3 is 5.97 Å². The number of hydrogen-bond donors (Lipinski definition) is 1. The average Bonchev–Trinajstić information content (AvgIpc) is 2.66. The second-order valence-corrected chi connectivity index (χ2v) is 5.69. The SMILES string of the molecule is CC1(C(=O)O)CCCN1Cc1ccc(F)cc1Br. The molecule has 2 rings (SSSR count). The number of aliphatic carboxylic acids is 1. The summed E-state index contributed by atoms with van der Waals surface area (Å²) in [6.45, 7) is 3.02. The Hall–Kier alpha value is -0.940. The minimum absolute atomic E-state index is 0.298. The van der Waals surface area contributed by atoms with Crippen LogP contribution in [0.5, 0.6) is 0 Å². The van der Waals surface area contributed by atoms with Crippen molar-refractivity contribution in [1.82, 2.24) is 4.90 Å².